The number of aromatic nitrogens is 1. The minimum absolute atomic E-state index is 0.0487. The standard InChI is InChI=1S/C37H46F3N5O5/c1-7-21(4)30(42-29(46)19-23-13-10-11-16-27(23)38)33(47)44-36(35(49)43-31(22(5)8-2)34(48)45-50-6)18-17-28-25(20-36)24-14-12-15-26(32(24)41-28)37(39,40)9-3/h9-16,21-22,30-31,41H,3,7-8,17-20H2,1-2,4-6H3,(H,42,46)(H,43,49)(H,44,47)(H,45,48)/t21?,22?,30-,31-,36+/m0/s1. The van der Waals surface area contributed by atoms with Gasteiger partial charge in [-0.1, -0.05) is 83.5 Å². The predicted octanol–water partition coefficient (Wildman–Crippen LogP) is 4.91. The van der Waals surface area contributed by atoms with Crippen molar-refractivity contribution in [3.63, 3.8) is 0 Å². The van der Waals surface area contributed by atoms with Crippen molar-refractivity contribution >= 4 is 34.5 Å². The largest absolute Gasteiger partial charge is 0.358 e. The van der Waals surface area contributed by atoms with Crippen LogP contribution in [0.25, 0.3) is 10.9 Å². The first kappa shape index (κ1) is 38.2. The number of benzene rings is 2. The first-order valence-corrected chi connectivity index (χ1v) is 16.8. The SMILES string of the molecule is C=CC(F)(F)c1cccc2c3c([nH]c12)CC[C@](NC(=O)[C@@H](NC(=O)Cc1ccccc1F)C(C)CC)(C(=O)N[C@H](C(=O)NOC)C(C)CC)C3. The van der Waals surface area contributed by atoms with Gasteiger partial charge in [0, 0.05) is 23.1 Å². The number of carbonyl (C=O) groups is 4. The van der Waals surface area contributed by atoms with Crippen molar-refractivity contribution in [2.75, 3.05) is 7.11 Å². The van der Waals surface area contributed by atoms with E-state index in [0.29, 0.717) is 35.6 Å². The molecule has 270 valence electrons. The Labute approximate surface area is 289 Å². The summed E-state index contributed by atoms with van der Waals surface area (Å²) < 4.78 is 44.2. The highest BCUT2D eigenvalue weighted by molar-refractivity contribution is 5.98. The molecule has 5 N–H and O–H groups in total. The monoisotopic (exact) mass is 697 g/mol. The van der Waals surface area contributed by atoms with Crippen molar-refractivity contribution in [1.82, 2.24) is 26.4 Å². The van der Waals surface area contributed by atoms with E-state index in [1.165, 1.54) is 37.4 Å². The van der Waals surface area contributed by atoms with Crippen molar-refractivity contribution in [1.29, 1.82) is 0 Å². The van der Waals surface area contributed by atoms with Crippen LogP contribution in [0.3, 0.4) is 0 Å². The fourth-order valence-electron chi connectivity index (χ4n) is 6.42. The second-order valence-corrected chi connectivity index (χ2v) is 13.1. The highest BCUT2D eigenvalue weighted by Crippen LogP contribution is 2.40. The molecular formula is C37H46F3N5O5. The van der Waals surface area contributed by atoms with Gasteiger partial charge in [0.25, 0.3) is 11.8 Å². The van der Waals surface area contributed by atoms with Crippen LogP contribution in [0.5, 0.6) is 0 Å². The zero-order valence-corrected chi connectivity index (χ0v) is 29.1. The third-order valence-electron chi connectivity index (χ3n) is 9.83. The number of aryl methyl sites for hydroxylation is 1. The number of aromatic amines is 1. The predicted molar refractivity (Wildman–Crippen MR) is 183 cm³/mol. The van der Waals surface area contributed by atoms with E-state index in [4.69, 9.17) is 4.84 Å². The fraction of sp³-hybridized carbons (Fsp3) is 0.459. The Bertz CT molecular complexity index is 1740. The zero-order chi connectivity index (χ0) is 36.8. The van der Waals surface area contributed by atoms with Gasteiger partial charge >= 0.3 is 0 Å². The van der Waals surface area contributed by atoms with Gasteiger partial charge in [-0.2, -0.15) is 8.78 Å². The summed E-state index contributed by atoms with van der Waals surface area (Å²) in [6, 6.07) is 8.18. The Hall–Kier alpha value is -4.65. The van der Waals surface area contributed by atoms with Crippen LogP contribution in [0.1, 0.15) is 69.3 Å². The molecule has 10 nitrogen and oxygen atoms in total. The number of carbonyl (C=O) groups excluding carboxylic acids is 4. The number of para-hydroxylation sites is 1. The smallest absolute Gasteiger partial charge is 0.293 e. The van der Waals surface area contributed by atoms with Gasteiger partial charge in [0.15, 0.2) is 0 Å². The first-order valence-electron chi connectivity index (χ1n) is 16.8. The van der Waals surface area contributed by atoms with Crippen LogP contribution >= 0.6 is 0 Å². The summed E-state index contributed by atoms with van der Waals surface area (Å²) in [4.78, 5) is 62.8. The second-order valence-electron chi connectivity index (χ2n) is 13.1. The van der Waals surface area contributed by atoms with Crippen LogP contribution in [-0.4, -0.2) is 53.3 Å². The topological polar surface area (TPSA) is 141 Å². The molecule has 1 aliphatic rings. The number of rotatable bonds is 15. The summed E-state index contributed by atoms with van der Waals surface area (Å²) >= 11 is 0. The number of hydrogen-bond donors (Lipinski definition) is 5. The van der Waals surface area contributed by atoms with E-state index < -0.39 is 58.9 Å². The minimum Gasteiger partial charge on any atom is -0.358 e. The Morgan fingerprint density at radius 2 is 1.66 bits per heavy atom. The molecule has 0 spiro atoms. The molecule has 3 aromatic rings. The summed E-state index contributed by atoms with van der Waals surface area (Å²) in [7, 11) is 1.27. The van der Waals surface area contributed by atoms with E-state index in [9.17, 15) is 32.3 Å². The molecule has 1 aliphatic carbocycles. The molecule has 0 aliphatic heterocycles. The van der Waals surface area contributed by atoms with E-state index in [-0.39, 0.29) is 48.2 Å². The second kappa shape index (κ2) is 15.9. The highest BCUT2D eigenvalue weighted by atomic mass is 19.3. The molecule has 0 radical (unpaired) electrons. The van der Waals surface area contributed by atoms with Crippen molar-refractivity contribution < 1.29 is 37.2 Å². The number of nitrogens with one attached hydrogen (secondary N) is 5. The lowest BCUT2D eigenvalue weighted by Gasteiger charge is -2.39. The number of halogens is 3. The van der Waals surface area contributed by atoms with Gasteiger partial charge in [-0.05, 0) is 47.9 Å². The van der Waals surface area contributed by atoms with Crippen LogP contribution in [0.2, 0.25) is 0 Å². The van der Waals surface area contributed by atoms with Gasteiger partial charge in [-0.3, -0.25) is 24.0 Å². The molecule has 4 amide bonds. The maximum absolute atomic E-state index is 14.9. The van der Waals surface area contributed by atoms with Gasteiger partial charge in [-0.15, -0.1) is 0 Å². The van der Waals surface area contributed by atoms with Gasteiger partial charge in [-0.25, -0.2) is 9.87 Å². The molecule has 0 bridgehead atoms. The molecule has 0 saturated heterocycles. The number of hydrogen-bond acceptors (Lipinski definition) is 5. The first-order chi connectivity index (χ1) is 23.7. The van der Waals surface area contributed by atoms with E-state index in [1.807, 2.05) is 13.8 Å². The van der Waals surface area contributed by atoms with Gasteiger partial charge in [0.05, 0.1) is 19.0 Å². The molecule has 0 fully saturated rings. The van der Waals surface area contributed by atoms with Crippen LogP contribution in [0, 0.1) is 17.7 Å². The lowest BCUT2D eigenvalue weighted by Crippen LogP contribution is -2.67. The fourth-order valence-corrected chi connectivity index (χ4v) is 6.42. The van der Waals surface area contributed by atoms with Crippen molar-refractivity contribution in [2.24, 2.45) is 11.8 Å². The molecule has 0 saturated carbocycles. The number of H-pyrrole nitrogens is 1. The Morgan fingerprint density at radius 1 is 1.00 bits per heavy atom. The molecule has 5 atom stereocenters. The van der Waals surface area contributed by atoms with Crippen molar-refractivity contribution in [3.05, 3.63) is 83.3 Å². The quantitative estimate of drug-likeness (QED) is 0.113. The normalized spacial score (nSPS) is 18.2. The van der Waals surface area contributed by atoms with Gasteiger partial charge < -0.3 is 20.9 Å². The van der Waals surface area contributed by atoms with Crippen LogP contribution in [0.4, 0.5) is 13.2 Å². The summed E-state index contributed by atoms with van der Waals surface area (Å²) in [6.45, 7) is 10.5. The van der Waals surface area contributed by atoms with E-state index >= 15 is 0 Å². The third-order valence-corrected chi connectivity index (χ3v) is 9.83. The zero-order valence-electron chi connectivity index (χ0n) is 29.1. The lowest BCUT2D eigenvalue weighted by atomic mass is 9.78. The Kier molecular flexibility index (Phi) is 12.2. The summed E-state index contributed by atoms with van der Waals surface area (Å²) in [6.07, 6.45) is 1.42. The van der Waals surface area contributed by atoms with Gasteiger partial charge in [0.2, 0.25) is 17.7 Å². The summed E-state index contributed by atoms with van der Waals surface area (Å²) in [5.41, 5.74) is 1.89. The number of fused-ring (bicyclic) bond motifs is 3. The van der Waals surface area contributed by atoms with Crippen LogP contribution in [-0.2, 0) is 49.2 Å². The molecule has 2 unspecified atom stereocenters. The van der Waals surface area contributed by atoms with E-state index in [0.717, 1.165) is 0 Å². The van der Waals surface area contributed by atoms with Crippen molar-refractivity contribution in [3.8, 4) is 0 Å². The average molecular weight is 698 g/mol. The van der Waals surface area contributed by atoms with Crippen LogP contribution in [0.15, 0.2) is 55.1 Å². The number of hydroxylamine groups is 1. The molecular weight excluding hydrogens is 651 g/mol. The number of amides is 4. The van der Waals surface area contributed by atoms with E-state index in [1.54, 1.807) is 26.0 Å². The Morgan fingerprint density at radius 3 is 2.28 bits per heavy atom. The molecule has 1 heterocycles. The maximum Gasteiger partial charge on any atom is 0.293 e. The van der Waals surface area contributed by atoms with Gasteiger partial charge in [0.1, 0.15) is 23.4 Å². The van der Waals surface area contributed by atoms with Crippen molar-refractivity contribution in [2.45, 2.75) is 89.8 Å². The number of alkyl halides is 2. The maximum atomic E-state index is 14.9. The molecule has 13 heteroatoms. The van der Waals surface area contributed by atoms with E-state index in [2.05, 4.69) is 33.0 Å². The lowest BCUT2D eigenvalue weighted by molar-refractivity contribution is -0.141. The average Bonchev–Trinajstić information content (AvgIpc) is 3.47. The number of allylic oxidation sites excluding steroid dienone is 1. The third kappa shape index (κ3) is 8.04. The summed E-state index contributed by atoms with van der Waals surface area (Å²) in [5, 5.41) is 8.95. The Balaban J connectivity index is 1.75. The molecule has 4 rings (SSSR count). The highest BCUT2D eigenvalue weighted by Gasteiger charge is 2.47. The molecule has 1 aromatic heterocycles. The molecule has 50 heavy (non-hydrogen) atoms. The minimum atomic E-state index is -3.34. The molecule has 2 aromatic carbocycles. The summed E-state index contributed by atoms with van der Waals surface area (Å²) in [5.74, 6) is -7.09. The van der Waals surface area contributed by atoms with Crippen LogP contribution < -0.4 is 21.4 Å².